The van der Waals surface area contributed by atoms with Gasteiger partial charge >= 0.3 is 0 Å². The molecule has 88 valence electrons. The molecule has 1 aromatic rings. The van der Waals surface area contributed by atoms with Crippen molar-refractivity contribution in [1.82, 2.24) is 0 Å². The summed E-state index contributed by atoms with van der Waals surface area (Å²) in [5.74, 6) is -0.108. The van der Waals surface area contributed by atoms with Gasteiger partial charge in [0.05, 0.1) is 5.56 Å². The third kappa shape index (κ3) is 1.50. The van der Waals surface area contributed by atoms with Gasteiger partial charge in [0.1, 0.15) is 18.5 Å². The number of fused-ring (bicyclic) bond motifs is 1. The minimum atomic E-state index is -0.885. The van der Waals surface area contributed by atoms with Crippen LogP contribution in [0.1, 0.15) is 5.56 Å². The van der Waals surface area contributed by atoms with Crippen molar-refractivity contribution in [2.45, 2.75) is 11.9 Å². The van der Waals surface area contributed by atoms with Gasteiger partial charge in [-0.15, -0.1) is 0 Å². The van der Waals surface area contributed by atoms with Gasteiger partial charge in [-0.25, -0.2) is 0 Å². The third-order valence-electron chi connectivity index (χ3n) is 2.97. The molecule has 1 atom stereocenters. The zero-order valence-corrected chi connectivity index (χ0v) is 9.73. The van der Waals surface area contributed by atoms with Gasteiger partial charge < -0.3 is 18.9 Å². The molecule has 0 aliphatic carbocycles. The Kier molecular flexibility index (Phi) is 3.14. The van der Waals surface area contributed by atoms with Crippen LogP contribution in [0.25, 0.3) is 0 Å². The summed E-state index contributed by atoms with van der Waals surface area (Å²) in [6, 6.07) is 7.66. The van der Waals surface area contributed by atoms with Crippen molar-refractivity contribution >= 4 is 0 Å². The molecule has 0 bridgehead atoms. The molecular formula is C12H16O4. The topological polar surface area (TPSA) is 36.9 Å². The zero-order valence-electron chi connectivity index (χ0n) is 9.73. The summed E-state index contributed by atoms with van der Waals surface area (Å²) < 4.78 is 22.0. The summed E-state index contributed by atoms with van der Waals surface area (Å²) in [5, 5.41) is 0. The lowest BCUT2D eigenvalue weighted by Crippen LogP contribution is -2.50. The van der Waals surface area contributed by atoms with E-state index in [1.807, 2.05) is 24.3 Å². The van der Waals surface area contributed by atoms with Crippen LogP contribution in [0.2, 0.25) is 0 Å². The van der Waals surface area contributed by atoms with Crippen LogP contribution in [0.3, 0.4) is 0 Å². The van der Waals surface area contributed by atoms with E-state index in [1.165, 1.54) is 0 Å². The van der Waals surface area contributed by atoms with Crippen molar-refractivity contribution in [1.29, 1.82) is 0 Å². The lowest BCUT2D eigenvalue weighted by molar-refractivity contribution is -0.286. The maximum Gasteiger partial charge on any atom is 0.228 e. The molecule has 1 aliphatic rings. The van der Waals surface area contributed by atoms with E-state index >= 15 is 0 Å². The van der Waals surface area contributed by atoms with E-state index in [0.29, 0.717) is 6.61 Å². The van der Waals surface area contributed by atoms with E-state index in [1.54, 1.807) is 21.3 Å². The van der Waals surface area contributed by atoms with E-state index in [9.17, 15) is 0 Å². The van der Waals surface area contributed by atoms with Crippen LogP contribution >= 0.6 is 0 Å². The van der Waals surface area contributed by atoms with Crippen LogP contribution in [-0.2, 0) is 20.0 Å². The fourth-order valence-electron chi connectivity index (χ4n) is 2.12. The first-order chi connectivity index (χ1) is 7.78. The predicted octanol–water partition coefficient (Wildman–Crippen LogP) is 1.54. The maximum absolute atomic E-state index is 5.60. The van der Waals surface area contributed by atoms with Crippen molar-refractivity contribution in [2.75, 3.05) is 27.9 Å². The van der Waals surface area contributed by atoms with E-state index in [-0.39, 0.29) is 6.10 Å². The second-order valence-corrected chi connectivity index (χ2v) is 3.61. The highest BCUT2D eigenvalue weighted by Crippen LogP contribution is 2.40. The van der Waals surface area contributed by atoms with E-state index in [2.05, 4.69) is 0 Å². The summed E-state index contributed by atoms with van der Waals surface area (Å²) in [4.78, 5) is 0. The minimum absolute atomic E-state index is 0.280. The largest absolute Gasteiger partial charge is 0.490 e. The SMILES string of the molecule is COC1COc2ccccc2C1(OC)OC. The Bertz CT molecular complexity index is 360. The third-order valence-corrected chi connectivity index (χ3v) is 2.97. The standard InChI is InChI=1S/C12H16O4/c1-13-11-8-16-10-7-5-4-6-9(10)12(11,14-2)15-3/h4-7,11H,8H2,1-3H3. The monoisotopic (exact) mass is 224 g/mol. The molecule has 0 saturated heterocycles. The highest BCUT2D eigenvalue weighted by molar-refractivity contribution is 5.39. The molecule has 0 radical (unpaired) electrons. The Morgan fingerprint density at radius 1 is 1.19 bits per heavy atom. The first-order valence-corrected chi connectivity index (χ1v) is 5.14. The van der Waals surface area contributed by atoms with Crippen LogP contribution < -0.4 is 4.74 Å². The molecule has 4 nitrogen and oxygen atoms in total. The molecule has 0 fully saturated rings. The molecule has 16 heavy (non-hydrogen) atoms. The van der Waals surface area contributed by atoms with Gasteiger partial charge in [0, 0.05) is 21.3 Å². The quantitative estimate of drug-likeness (QED) is 0.730. The number of rotatable bonds is 3. The average Bonchev–Trinajstić information content (AvgIpc) is 2.37. The summed E-state index contributed by atoms with van der Waals surface area (Å²) in [7, 11) is 4.84. The number of hydrogen-bond acceptors (Lipinski definition) is 4. The summed E-state index contributed by atoms with van der Waals surface area (Å²) in [5.41, 5.74) is 0.859. The molecule has 0 saturated carbocycles. The second kappa shape index (κ2) is 4.41. The Morgan fingerprint density at radius 2 is 1.88 bits per heavy atom. The van der Waals surface area contributed by atoms with Gasteiger partial charge in [0.15, 0.2) is 0 Å². The molecule has 0 aromatic heterocycles. The van der Waals surface area contributed by atoms with Crippen LogP contribution in [0.4, 0.5) is 0 Å². The maximum atomic E-state index is 5.60. The van der Waals surface area contributed by atoms with Crippen molar-refractivity contribution in [3.8, 4) is 5.75 Å². The van der Waals surface area contributed by atoms with E-state index < -0.39 is 5.79 Å². The van der Waals surface area contributed by atoms with E-state index in [0.717, 1.165) is 11.3 Å². The fraction of sp³-hybridized carbons (Fsp3) is 0.500. The molecule has 0 amide bonds. The summed E-state index contributed by atoms with van der Waals surface area (Å²) >= 11 is 0. The van der Waals surface area contributed by atoms with Crippen molar-refractivity contribution in [3.05, 3.63) is 29.8 Å². The van der Waals surface area contributed by atoms with Gasteiger partial charge in [0.2, 0.25) is 5.79 Å². The van der Waals surface area contributed by atoms with Crippen molar-refractivity contribution in [3.63, 3.8) is 0 Å². The first kappa shape index (κ1) is 11.4. The molecular weight excluding hydrogens is 208 g/mol. The predicted molar refractivity (Wildman–Crippen MR) is 58.4 cm³/mol. The molecule has 1 unspecified atom stereocenters. The molecule has 0 spiro atoms. The van der Waals surface area contributed by atoms with Crippen LogP contribution in [0.5, 0.6) is 5.75 Å². The molecule has 1 aromatic carbocycles. The Labute approximate surface area is 95.1 Å². The smallest absolute Gasteiger partial charge is 0.228 e. The van der Waals surface area contributed by atoms with E-state index in [4.69, 9.17) is 18.9 Å². The zero-order chi connectivity index (χ0) is 11.6. The molecule has 1 heterocycles. The highest BCUT2D eigenvalue weighted by Gasteiger charge is 2.47. The van der Waals surface area contributed by atoms with Gasteiger partial charge in [-0.1, -0.05) is 12.1 Å². The Hall–Kier alpha value is -1.10. The lowest BCUT2D eigenvalue weighted by atomic mass is 9.96. The van der Waals surface area contributed by atoms with Gasteiger partial charge in [-0.2, -0.15) is 0 Å². The van der Waals surface area contributed by atoms with Crippen LogP contribution in [0, 0.1) is 0 Å². The van der Waals surface area contributed by atoms with Crippen molar-refractivity contribution < 1.29 is 18.9 Å². The minimum Gasteiger partial charge on any atom is -0.490 e. The van der Waals surface area contributed by atoms with Crippen LogP contribution in [-0.4, -0.2) is 34.0 Å². The number of hydrogen-bond donors (Lipinski definition) is 0. The van der Waals surface area contributed by atoms with Crippen molar-refractivity contribution in [2.24, 2.45) is 0 Å². The number of para-hydroxylation sites is 1. The second-order valence-electron chi connectivity index (χ2n) is 3.61. The molecule has 1 aliphatic heterocycles. The average molecular weight is 224 g/mol. The molecule has 0 N–H and O–H groups in total. The molecule has 4 heteroatoms. The summed E-state index contributed by atoms with van der Waals surface area (Å²) in [6.45, 7) is 0.412. The highest BCUT2D eigenvalue weighted by atomic mass is 16.7. The number of benzene rings is 1. The lowest BCUT2D eigenvalue weighted by Gasteiger charge is -2.41. The van der Waals surface area contributed by atoms with Gasteiger partial charge in [-0.3, -0.25) is 0 Å². The number of ether oxygens (including phenoxy) is 4. The fourth-order valence-corrected chi connectivity index (χ4v) is 2.12. The number of methoxy groups -OCH3 is 3. The Morgan fingerprint density at radius 3 is 2.50 bits per heavy atom. The van der Waals surface area contributed by atoms with Gasteiger partial charge in [0.25, 0.3) is 0 Å². The normalized spacial score (nSPS) is 22.3. The first-order valence-electron chi connectivity index (χ1n) is 5.14. The summed E-state index contributed by atoms with van der Waals surface area (Å²) in [6.07, 6.45) is -0.280. The molecule has 2 rings (SSSR count). The van der Waals surface area contributed by atoms with Gasteiger partial charge in [-0.05, 0) is 12.1 Å². The van der Waals surface area contributed by atoms with Crippen LogP contribution in [0.15, 0.2) is 24.3 Å². The Balaban J connectivity index is 2.52.